The highest BCUT2D eigenvalue weighted by Gasteiger charge is 2.50. The second kappa shape index (κ2) is 8.57. The van der Waals surface area contributed by atoms with Crippen LogP contribution in [-0.2, 0) is 14.3 Å². The van der Waals surface area contributed by atoms with Crippen LogP contribution in [0.4, 0.5) is 0 Å². The van der Waals surface area contributed by atoms with Crippen LogP contribution >= 0.6 is 0 Å². The van der Waals surface area contributed by atoms with Gasteiger partial charge >= 0.3 is 0 Å². The van der Waals surface area contributed by atoms with E-state index in [0.29, 0.717) is 50.7 Å². The Hall–Kier alpha value is -2.35. The summed E-state index contributed by atoms with van der Waals surface area (Å²) in [7, 11) is 1.57. The third-order valence-electron chi connectivity index (χ3n) is 6.65. The Kier molecular flexibility index (Phi) is 5.89. The molecule has 3 saturated heterocycles. The Morgan fingerprint density at radius 3 is 2.90 bits per heavy atom. The number of nitrogens with one attached hydrogen (secondary N) is 2. The van der Waals surface area contributed by atoms with Crippen LogP contribution in [0.15, 0.2) is 18.3 Å². The number of nitrogens with zero attached hydrogens (tertiary/aromatic N) is 2. The number of carbonyl (C=O) groups is 3. The molecular weight excluding hydrogens is 372 g/mol. The molecule has 4 heterocycles. The summed E-state index contributed by atoms with van der Waals surface area (Å²) in [6.07, 6.45) is 5.53. The number of H-pyrrole nitrogens is 1. The van der Waals surface area contributed by atoms with E-state index in [-0.39, 0.29) is 35.7 Å². The van der Waals surface area contributed by atoms with Crippen LogP contribution in [0.25, 0.3) is 0 Å². The fourth-order valence-electron chi connectivity index (χ4n) is 5.34. The van der Waals surface area contributed by atoms with Gasteiger partial charge < -0.3 is 24.8 Å². The summed E-state index contributed by atoms with van der Waals surface area (Å²) in [6, 6.07) is 3.73. The number of rotatable bonds is 6. The SMILES string of the molecule is COCCC(=O)NC[C@H]1[C@H]2C[C@H](CN(C(=O)c3ccc[nH]3)C2)[C@@H]2CCCC(=O)N21. The van der Waals surface area contributed by atoms with Crippen LogP contribution in [0, 0.1) is 11.8 Å². The van der Waals surface area contributed by atoms with Gasteiger partial charge in [0.2, 0.25) is 11.8 Å². The molecule has 8 heteroatoms. The fraction of sp³-hybridized carbons (Fsp3) is 0.667. The maximum absolute atomic E-state index is 12.9. The van der Waals surface area contributed by atoms with Gasteiger partial charge in [-0.1, -0.05) is 0 Å². The lowest BCUT2D eigenvalue weighted by molar-refractivity contribution is -0.152. The predicted octanol–water partition coefficient (Wildman–Crippen LogP) is 1.01. The minimum atomic E-state index is -0.0647. The number of methoxy groups -OCH3 is 1. The van der Waals surface area contributed by atoms with E-state index in [1.165, 1.54) is 0 Å². The number of carbonyl (C=O) groups excluding carboxylic acids is 3. The van der Waals surface area contributed by atoms with Crippen LogP contribution in [0.2, 0.25) is 0 Å². The van der Waals surface area contributed by atoms with Crippen molar-refractivity contribution in [3.63, 3.8) is 0 Å². The summed E-state index contributed by atoms with van der Waals surface area (Å²) in [6.45, 7) is 2.12. The minimum absolute atomic E-state index is 0.0168. The van der Waals surface area contributed by atoms with Crippen molar-refractivity contribution in [3.05, 3.63) is 24.0 Å². The topological polar surface area (TPSA) is 94.7 Å². The number of piperidine rings is 3. The Morgan fingerprint density at radius 1 is 1.31 bits per heavy atom. The average Bonchev–Trinajstić information content (AvgIpc) is 3.26. The lowest BCUT2D eigenvalue weighted by atomic mass is 9.72. The zero-order valence-corrected chi connectivity index (χ0v) is 16.9. The number of aromatic amines is 1. The average molecular weight is 402 g/mol. The van der Waals surface area contributed by atoms with Crippen molar-refractivity contribution in [2.24, 2.45) is 11.8 Å². The van der Waals surface area contributed by atoms with E-state index in [1.54, 1.807) is 19.4 Å². The Bertz CT molecular complexity index is 750. The first-order valence-electron chi connectivity index (χ1n) is 10.6. The van der Waals surface area contributed by atoms with E-state index in [4.69, 9.17) is 4.74 Å². The number of aromatic nitrogens is 1. The van der Waals surface area contributed by atoms with Gasteiger partial charge in [-0.05, 0) is 43.2 Å². The van der Waals surface area contributed by atoms with Crippen molar-refractivity contribution in [2.45, 2.75) is 44.2 Å². The summed E-state index contributed by atoms with van der Waals surface area (Å²) >= 11 is 0. The molecule has 0 saturated carbocycles. The lowest BCUT2D eigenvalue weighted by Crippen LogP contribution is -2.67. The van der Waals surface area contributed by atoms with E-state index in [0.717, 1.165) is 19.3 Å². The summed E-state index contributed by atoms with van der Waals surface area (Å²) in [4.78, 5) is 44.9. The molecule has 0 aromatic carbocycles. The molecule has 3 aliphatic rings. The third kappa shape index (κ3) is 4.03. The van der Waals surface area contributed by atoms with Crippen molar-refractivity contribution >= 4 is 17.7 Å². The number of likely N-dealkylation sites (tertiary alicyclic amines) is 1. The Balaban J connectivity index is 1.51. The largest absolute Gasteiger partial charge is 0.384 e. The second-order valence-corrected chi connectivity index (χ2v) is 8.42. The quantitative estimate of drug-likeness (QED) is 0.742. The number of hydrogen-bond donors (Lipinski definition) is 2. The zero-order valence-electron chi connectivity index (χ0n) is 16.9. The molecule has 3 fully saturated rings. The second-order valence-electron chi connectivity index (χ2n) is 8.42. The molecule has 0 spiro atoms. The van der Waals surface area contributed by atoms with Crippen LogP contribution in [0.5, 0.6) is 0 Å². The highest BCUT2D eigenvalue weighted by molar-refractivity contribution is 5.92. The van der Waals surface area contributed by atoms with E-state index in [1.807, 2.05) is 11.0 Å². The molecule has 4 atom stereocenters. The summed E-state index contributed by atoms with van der Waals surface area (Å²) < 4.78 is 4.98. The number of hydrogen-bond acceptors (Lipinski definition) is 4. The van der Waals surface area contributed by atoms with Crippen molar-refractivity contribution in [3.8, 4) is 0 Å². The maximum atomic E-state index is 12.9. The van der Waals surface area contributed by atoms with Gasteiger partial charge in [0, 0.05) is 51.8 Å². The Labute approximate surface area is 170 Å². The van der Waals surface area contributed by atoms with Crippen molar-refractivity contribution in [1.82, 2.24) is 20.1 Å². The van der Waals surface area contributed by atoms with E-state index in [9.17, 15) is 14.4 Å². The molecule has 4 rings (SSSR count). The molecule has 2 N–H and O–H groups in total. The molecule has 158 valence electrons. The zero-order chi connectivity index (χ0) is 20.4. The summed E-state index contributed by atoms with van der Waals surface area (Å²) in [5.74, 6) is 0.621. The molecule has 3 aliphatic heterocycles. The van der Waals surface area contributed by atoms with Gasteiger partial charge in [-0.2, -0.15) is 0 Å². The monoisotopic (exact) mass is 402 g/mol. The van der Waals surface area contributed by atoms with E-state index >= 15 is 0 Å². The standard InChI is InChI=1S/C21H30N4O4/c1-29-9-7-19(26)23-11-18-15-10-14(17-5-2-6-20(27)25(17)18)12-24(13-15)21(28)16-4-3-8-22-16/h3-4,8,14-15,17-18,22H,2,5-7,9-13H2,1H3,(H,23,26)/t14-,15+,17+,18+/m1/s1. The van der Waals surface area contributed by atoms with Gasteiger partial charge in [-0.25, -0.2) is 0 Å². The molecule has 0 unspecified atom stereocenters. The first-order valence-corrected chi connectivity index (χ1v) is 10.6. The predicted molar refractivity (Wildman–Crippen MR) is 106 cm³/mol. The molecule has 29 heavy (non-hydrogen) atoms. The number of amides is 3. The van der Waals surface area contributed by atoms with E-state index in [2.05, 4.69) is 15.2 Å². The van der Waals surface area contributed by atoms with Gasteiger partial charge in [-0.3, -0.25) is 14.4 Å². The van der Waals surface area contributed by atoms with Crippen molar-refractivity contribution in [2.75, 3.05) is 33.4 Å². The smallest absolute Gasteiger partial charge is 0.270 e. The minimum Gasteiger partial charge on any atom is -0.384 e. The van der Waals surface area contributed by atoms with Crippen LogP contribution < -0.4 is 5.32 Å². The Morgan fingerprint density at radius 2 is 2.14 bits per heavy atom. The number of ether oxygens (including phenoxy) is 1. The highest BCUT2D eigenvalue weighted by Crippen LogP contribution is 2.41. The lowest BCUT2D eigenvalue weighted by Gasteiger charge is -2.56. The molecule has 0 radical (unpaired) electrons. The molecule has 3 amide bonds. The normalized spacial score (nSPS) is 28.8. The molecule has 2 bridgehead atoms. The van der Waals surface area contributed by atoms with Crippen LogP contribution in [0.3, 0.4) is 0 Å². The third-order valence-corrected chi connectivity index (χ3v) is 6.65. The van der Waals surface area contributed by atoms with Crippen LogP contribution in [-0.4, -0.2) is 77.9 Å². The molecule has 0 aliphatic carbocycles. The first kappa shape index (κ1) is 19.9. The summed E-state index contributed by atoms with van der Waals surface area (Å²) in [5, 5.41) is 2.99. The van der Waals surface area contributed by atoms with Gasteiger partial charge in [0.15, 0.2) is 0 Å². The molecular formula is C21H30N4O4. The van der Waals surface area contributed by atoms with Gasteiger partial charge in [0.25, 0.3) is 5.91 Å². The van der Waals surface area contributed by atoms with Gasteiger partial charge in [0.05, 0.1) is 12.6 Å². The van der Waals surface area contributed by atoms with Gasteiger partial charge in [0.1, 0.15) is 5.69 Å². The van der Waals surface area contributed by atoms with E-state index < -0.39 is 0 Å². The molecule has 1 aromatic rings. The van der Waals surface area contributed by atoms with Crippen LogP contribution in [0.1, 0.15) is 42.6 Å². The summed E-state index contributed by atoms with van der Waals surface area (Å²) in [5.41, 5.74) is 0.603. The van der Waals surface area contributed by atoms with Gasteiger partial charge in [-0.15, -0.1) is 0 Å². The fourth-order valence-corrected chi connectivity index (χ4v) is 5.34. The molecule has 1 aromatic heterocycles. The molecule has 8 nitrogen and oxygen atoms in total. The number of fused-ring (bicyclic) bond motifs is 4. The maximum Gasteiger partial charge on any atom is 0.270 e. The van der Waals surface area contributed by atoms with Crippen molar-refractivity contribution in [1.29, 1.82) is 0 Å². The highest BCUT2D eigenvalue weighted by atomic mass is 16.5. The first-order chi connectivity index (χ1) is 14.1. The van der Waals surface area contributed by atoms with Crippen molar-refractivity contribution < 1.29 is 19.1 Å².